The molecule has 0 radical (unpaired) electrons. The molecular weight excluding hydrogens is 374 g/mol. The van der Waals surface area contributed by atoms with Crippen molar-refractivity contribution < 1.29 is 13.2 Å². The summed E-state index contributed by atoms with van der Waals surface area (Å²) in [6, 6.07) is 14.5. The normalized spacial score (nSPS) is 11.3. The summed E-state index contributed by atoms with van der Waals surface area (Å²) in [5.74, 6) is -0.133. The predicted octanol–water partition coefficient (Wildman–Crippen LogP) is 4.33. The van der Waals surface area contributed by atoms with Crippen LogP contribution in [0.4, 0.5) is 17.1 Å². The van der Waals surface area contributed by atoms with E-state index in [2.05, 4.69) is 35.7 Å². The van der Waals surface area contributed by atoms with Gasteiger partial charge in [-0.1, -0.05) is 6.92 Å². The lowest BCUT2D eigenvalue weighted by atomic mass is 10.1. The van der Waals surface area contributed by atoms with Crippen LogP contribution in [0.2, 0.25) is 0 Å². The number of rotatable bonds is 9. The molecule has 0 atom stereocenters. The number of nitrogens with one attached hydrogen (secondary N) is 2. The fraction of sp³-hybridized carbons (Fsp3) is 0.381. The molecule has 0 aliphatic heterocycles. The van der Waals surface area contributed by atoms with Crippen LogP contribution < -0.4 is 14.9 Å². The molecule has 0 aliphatic rings. The fourth-order valence-electron chi connectivity index (χ4n) is 2.97. The van der Waals surface area contributed by atoms with E-state index in [0.29, 0.717) is 29.4 Å². The maximum Gasteiger partial charge on any atom is 0.255 e. The summed E-state index contributed by atoms with van der Waals surface area (Å²) < 4.78 is 26.1. The molecule has 0 saturated heterocycles. The Morgan fingerprint density at radius 1 is 0.964 bits per heavy atom. The van der Waals surface area contributed by atoms with Crippen LogP contribution in [0.3, 0.4) is 0 Å². The topological polar surface area (TPSA) is 78.5 Å². The zero-order valence-electron chi connectivity index (χ0n) is 16.9. The number of amides is 1. The molecule has 0 aliphatic carbocycles. The van der Waals surface area contributed by atoms with Gasteiger partial charge in [0.25, 0.3) is 5.91 Å². The van der Waals surface area contributed by atoms with Gasteiger partial charge in [-0.15, -0.1) is 0 Å². The van der Waals surface area contributed by atoms with Gasteiger partial charge in [-0.2, -0.15) is 0 Å². The number of anilines is 3. The Bertz CT molecular complexity index is 876. The number of carbonyl (C=O) groups is 1. The highest BCUT2D eigenvalue weighted by molar-refractivity contribution is 7.92. The molecule has 0 saturated carbocycles. The summed E-state index contributed by atoms with van der Waals surface area (Å²) in [5, 5.41) is 2.83. The van der Waals surface area contributed by atoms with E-state index < -0.39 is 10.0 Å². The Hall–Kier alpha value is -2.54. The molecule has 0 fully saturated rings. The van der Waals surface area contributed by atoms with Crippen LogP contribution >= 0.6 is 0 Å². The largest absolute Gasteiger partial charge is 0.369 e. The van der Waals surface area contributed by atoms with Crippen LogP contribution in [0.25, 0.3) is 0 Å². The first-order valence-corrected chi connectivity index (χ1v) is 11.2. The number of nitrogens with zero attached hydrogens (tertiary/aromatic N) is 1. The molecule has 7 heteroatoms. The summed E-state index contributed by atoms with van der Waals surface area (Å²) >= 11 is 0. The lowest BCUT2D eigenvalue weighted by Crippen LogP contribution is -2.30. The zero-order chi connectivity index (χ0) is 20.7. The monoisotopic (exact) mass is 403 g/mol. The molecule has 2 N–H and O–H groups in total. The Balaban J connectivity index is 2.03. The summed E-state index contributed by atoms with van der Waals surface area (Å²) in [6.45, 7) is 9.09. The first-order chi connectivity index (χ1) is 13.3. The van der Waals surface area contributed by atoms with E-state index in [-0.39, 0.29) is 11.7 Å². The van der Waals surface area contributed by atoms with Gasteiger partial charge in [0, 0.05) is 35.2 Å². The number of hydrogen-bond acceptors (Lipinski definition) is 4. The third kappa shape index (κ3) is 5.99. The standard InChI is InChI=1S/C21H29N3O3S/c1-5-15-28(26,27)23-19-11-9-18(10-12-19)22-21(25)17-7-13-20(14-8-17)24(6-2)16(3)4/h7-14,16,23H,5-6,15H2,1-4H3,(H,22,25). The number of hydrogen-bond donors (Lipinski definition) is 2. The van der Waals surface area contributed by atoms with Crippen molar-refractivity contribution in [1.29, 1.82) is 0 Å². The van der Waals surface area contributed by atoms with Gasteiger partial charge in [-0.3, -0.25) is 9.52 Å². The van der Waals surface area contributed by atoms with Crippen molar-refractivity contribution in [2.24, 2.45) is 0 Å². The second-order valence-electron chi connectivity index (χ2n) is 6.88. The Labute approximate surface area is 168 Å². The van der Waals surface area contributed by atoms with Crippen molar-refractivity contribution in [3.8, 4) is 0 Å². The van der Waals surface area contributed by atoms with Crippen molar-refractivity contribution in [2.45, 2.75) is 40.2 Å². The van der Waals surface area contributed by atoms with E-state index >= 15 is 0 Å². The summed E-state index contributed by atoms with van der Waals surface area (Å²) in [7, 11) is -3.32. The molecule has 2 rings (SSSR count). The van der Waals surface area contributed by atoms with Crippen molar-refractivity contribution in [2.75, 3.05) is 27.2 Å². The quantitative estimate of drug-likeness (QED) is 0.653. The minimum atomic E-state index is -3.32. The molecule has 0 spiro atoms. The van der Waals surface area contributed by atoms with E-state index in [4.69, 9.17) is 0 Å². The Morgan fingerprint density at radius 2 is 1.54 bits per heavy atom. The Morgan fingerprint density at radius 3 is 2.04 bits per heavy atom. The number of carbonyl (C=O) groups excluding carboxylic acids is 1. The maximum atomic E-state index is 12.5. The second kappa shape index (κ2) is 9.59. The van der Waals surface area contributed by atoms with Gasteiger partial charge in [-0.25, -0.2) is 8.42 Å². The van der Waals surface area contributed by atoms with Gasteiger partial charge in [0.2, 0.25) is 10.0 Å². The molecule has 6 nitrogen and oxygen atoms in total. The molecule has 0 heterocycles. The summed E-state index contributed by atoms with van der Waals surface area (Å²) in [5.41, 5.74) is 2.73. The van der Waals surface area contributed by atoms with Crippen LogP contribution in [-0.4, -0.2) is 32.7 Å². The Kier molecular flexibility index (Phi) is 7.45. The minimum absolute atomic E-state index is 0.0771. The van der Waals surface area contributed by atoms with Gasteiger partial charge in [-0.05, 0) is 75.7 Å². The average molecular weight is 404 g/mol. The molecule has 28 heavy (non-hydrogen) atoms. The zero-order valence-corrected chi connectivity index (χ0v) is 17.7. The fourth-order valence-corrected chi connectivity index (χ4v) is 4.11. The summed E-state index contributed by atoms with van der Waals surface area (Å²) in [4.78, 5) is 14.7. The lowest BCUT2D eigenvalue weighted by Gasteiger charge is -2.27. The smallest absolute Gasteiger partial charge is 0.255 e. The maximum absolute atomic E-state index is 12.5. The van der Waals surface area contributed by atoms with E-state index in [9.17, 15) is 13.2 Å². The molecule has 2 aromatic rings. The predicted molar refractivity (Wildman–Crippen MR) is 117 cm³/mol. The van der Waals surface area contributed by atoms with Gasteiger partial charge in [0.05, 0.1) is 5.75 Å². The van der Waals surface area contributed by atoms with Crippen LogP contribution in [-0.2, 0) is 10.0 Å². The van der Waals surface area contributed by atoms with E-state index in [1.165, 1.54) is 0 Å². The third-order valence-electron chi connectivity index (χ3n) is 4.31. The van der Waals surface area contributed by atoms with E-state index in [1.54, 1.807) is 24.3 Å². The second-order valence-corrected chi connectivity index (χ2v) is 8.72. The van der Waals surface area contributed by atoms with E-state index in [1.807, 2.05) is 31.2 Å². The highest BCUT2D eigenvalue weighted by atomic mass is 32.2. The highest BCUT2D eigenvalue weighted by Gasteiger charge is 2.11. The van der Waals surface area contributed by atoms with Crippen molar-refractivity contribution in [3.05, 3.63) is 54.1 Å². The lowest BCUT2D eigenvalue weighted by molar-refractivity contribution is 0.102. The first kappa shape index (κ1) is 21.8. The van der Waals surface area contributed by atoms with Crippen LogP contribution in [0.1, 0.15) is 44.5 Å². The van der Waals surface area contributed by atoms with Gasteiger partial charge in [0.1, 0.15) is 0 Å². The third-order valence-corrected chi connectivity index (χ3v) is 5.81. The van der Waals surface area contributed by atoms with Gasteiger partial charge in [0.15, 0.2) is 0 Å². The molecule has 0 aromatic heterocycles. The van der Waals surface area contributed by atoms with Crippen molar-refractivity contribution in [1.82, 2.24) is 0 Å². The number of benzene rings is 2. The van der Waals surface area contributed by atoms with Crippen molar-refractivity contribution >= 4 is 33.0 Å². The molecule has 0 bridgehead atoms. The molecule has 1 amide bonds. The SMILES string of the molecule is CCCS(=O)(=O)Nc1ccc(NC(=O)c2ccc(N(CC)C(C)C)cc2)cc1. The highest BCUT2D eigenvalue weighted by Crippen LogP contribution is 2.19. The first-order valence-electron chi connectivity index (χ1n) is 9.54. The summed E-state index contributed by atoms with van der Waals surface area (Å²) in [6.07, 6.45) is 0.551. The molecule has 2 aromatic carbocycles. The molecule has 0 unspecified atom stereocenters. The van der Waals surface area contributed by atoms with Gasteiger partial charge < -0.3 is 10.2 Å². The number of sulfonamides is 1. The van der Waals surface area contributed by atoms with Gasteiger partial charge >= 0.3 is 0 Å². The molecule has 152 valence electrons. The van der Waals surface area contributed by atoms with E-state index in [0.717, 1.165) is 12.2 Å². The van der Waals surface area contributed by atoms with Crippen LogP contribution in [0.15, 0.2) is 48.5 Å². The molecular formula is C21H29N3O3S. The van der Waals surface area contributed by atoms with Crippen LogP contribution in [0.5, 0.6) is 0 Å². The van der Waals surface area contributed by atoms with Crippen molar-refractivity contribution in [3.63, 3.8) is 0 Å². The van der Waals surface area contributed by atoms with Crippen LogP contribution in [0, 0.1) is 0 Å². The average Bonchev–Trinajstić information content (AvgIpc) is 2.64. The minimum Gasteiger partial charge on any atom is -0.369 e.